The summed E-state index contributed by atoms with van der Waals surface area (Å²) < 4.78 is 15.3. The Morgan fingerprint density at radius 3 is 2.85 bits per heavy atom. The molecule has 0 aliphatic heterocycles. The predicted octanol–water partition coefficient (Wildman–Crippen LogP) is 2.44. The van der Waals surface area contributed by atoms with Gasteiger partial charge in [-0.25, -0.2) is 9.37 Å². The summed E-state index contributed by atoms with van der Waals surface area (Å²) in [6, 6.07) is 4.47. The molecule has 1 amide bonds. The maximum Gasteiger partial charge on any atom is 0.223 e. The highest BCUT2D eigenvalue weighted by molar-refractivity contribution is 6.17. The van der Waals surface area contributed by atoms with Gasteiger partial charge in [-0.2, -0.15) is 0 Å². The molecule has 2 rings (SSSR count). The van der Waals surface area contributed by atoms with Gasteiger partial charge >= 0.3 is 0 Å². The number of carbonyl (C=O) groups is 1. The monoisotopic (exact) mass is 297 g/mol. The number of fused-ring (bicyclic) bond motifs is 1. The second-order valence-electron chi connectivity index (χ2n) is 4.79. The van der Waals surface area contributed by atoms with Crippen LogP contribution in [0.3, 0.4) is 0 Å². The van der Waals surface area contributed by atoms with Crippen molar-refractivity contribution in [1.82, 2.24) is 14.5 Å². The van der Waals surface area contributed by atoms with Crippen molar-refractivity contribution in [1.29, 1.82) is 0 Å². The number of aromatic nitrogens is 2. The Morgan fingerprint density at radius 1 is 1.45 bits per heavy atom. The topological polar surface area (TPSA) is 38.1 Å². The molecule has 20 heavy (non-hydrogen) atoms. The quantitative estimate of drug-likeness (QED) is 0.795. The zero-order valence-corrected chi connectivity index (χ0v) is 12.3. The molecule has 0 atom stereocenters. The van der Waals surface area contributed by atoms with Crippen LogP contribution in [0.2, 0.25) is 0 Å². The second kappa shape index (κ2) is 6.22. The first-order valence-electron chi connectivity index (χ1n) is 6.43. The maximum atomic E-state index is 13.4. The number of alkyl halides is 1. The van der Waals surface area contributed by atoms with Crippen LogP contribution < -0.4 is 0 Å². The molecule has 0 N–H and O–H groups in total. The third-order valence-corrected chi connectivity index (χ3v) is 3.34. The average Bonchev–Trinajstić information content (AvgIpc) is 2.73. The minimum atomic E-state index is -0.310. The lowest BCUT2D eigenvalue weighted by atomic mass is 10.3. The number of carbonyl (C=O) groups excluding carboxylic acids is 1. The molecule has 0 spiro atoms. The summed E-state index contributed by atoms with van der Waals surface area (Å²) in [6.07, 6.45) is 0.943. The van der Waals surface area contributed by atoms with Crippen LogP contribution in [0.1, 0.15) is 12.2 Å². The lowest BCUT2D eigenvalue weighted by molar-refractivity contribution is -0.128. The summed E-state index contributed by atoms with van der Waals surface area (Å²) in [4.78, 5) is 17.7. The van der Waals surface area contributed by atoms with Crippen molar-refractivity contribution in [3.05, 3.63) is 29.8 Å². The molecule has 4 nitrogen and oxygen atoms in total. The molecule has 0 saturated heterocycles. The standard InChI is InChI=1S/C14H17ClFN3O/c1-18(2)14(20)6-8-19-12-9-10(16)3-4-11(12)17-13(19)5-7-15/h3-4,9H,5-8H2,1-2H3. The summed E-state index contributed by atoms with van der Waals surface area (Å²) in [7, 11) is 3.43. The van der Waals surface area contributed by atoms with Gasteiger partial charge in [-0.05, 0) is 18.2 Å². The zero-order chi connectivity index (χ0) is 14.7. The van der Waals surface area contributed by atoms with E-state index in [0.29, 0.717) is 30.8 Å². The first-order chi connectivity index (χ1) is 9.52. The number of halogens is 2. The van der Waals surface area contributed by atoms with E-state index in [1.165, 1.54) is 12.1 Å². The van der Waals surface area contributed by atoms with E-state index >= 15 is 0 Å². The van der Waals surface area contributed by atoms with Gasteiger partial charge in [-0.3, -0.25) is 4.79 Å². The van der Waals surface area contributed by atoms with Crippen molar-refractivity contribution in [3.8, 4) is 0 Å². The Morgan fingerprint density at radius 2 is 2.20 bits per heavy atom. The fraction of sp³-hybridized carbons (Fsp3) is 0.429. The summed E-state index contributed by atoms with van der Waals surface area (Å²) in [5.74, 6) is 0.940. The van der Waals surface area contributed by atoms with E-state index in [1.54, 1.807) is 25.1 Å². The van der Waals surface area contributed by atoms with Crippen LogP contribution in [0.15, 0.2) is 18.2 Å². The van der Waals surface area contributed by atoms with Gasteiger partial charge in [0.1, 0.15) is 11.6 Å². The minimum Gasteiger partial charge on any atom is -0.349 e. The number of nitrogens with zero attached hydrogens (tertiary/aromatic N) is 3. The Kier molecular flexibility index (Phi) is 4.60. The summed E-state index contributed by atoms with van der Waals surface area (Å²) in [5.41, 5.74) is 1.43. The molecule has 0 aliphatic carbocycles. The molecule has 0 unspecified atom stereocenters. The molecule has 2 aromatic rings. The number of imidazole rings is 1. The lowest BCUT2D eigenvalue weighted by Crippen LogP contribution is -2.23. The van der Waals surface area contributed by atoms with E-state index in [-0.39, 0.29) is 11.7 Å². The van der Waals surface area contributed by atoms with Crippen LogP contribution in [0.4, 0.5) is 4.39 Å². The van der Waals surface area contributed by atoms with Crippen LogP contribution in [0.5, 0.6) is 0 Å². The van der Waals surface area contributed by atoms with Crippen molar-refractivity contribution in [3.63, 3.8) is 0 Å². The van der Waals surface area contributed by atoms with E-state index in [2.05, 4.69) is 4.98 Å². The van der Waals surface area contributed by atoms with E-state index in [4.69, 9.17) is 11.6 Å². The van der Waals surface area contributed by atoms with Gasteiger partial charge in [0.15, 0.2) is 0 Å². The van der Waals surface area contributed by atoms with E-state index in [9.17, 15) is 9.18 Å². The van der Waals surface area contributed by atoms with Crippen molar-refractivity contribution < 1.29 is 9.18 Å². The Balaban J connectivity index is 2.34. The Labute approximate surface area is 122 Å². The summed E-state index contributed by atoms with van der Waals surface area (Å²) >= 11 is 5.78. The lowest BCUT2D eigenvalue weighted by Gasteiger charge is -2.12. The van der Waals surface area contributed by atoms with Gasteiger partial charge in [0.05, 0.1) is 11.0 Å². The highest BCUT2D eigenvalue weighted by atomic mass is 35.5. The van der Waals surface area contributed by atoms with Gasteiger partial charge < -0.3 is 9.47 Å². The smallest absolute Gasteiger partial charge is 0.223 e. The molecular formula is C14H17ClFN3O. The van der Waals surface area contributed by atoms with Crippen LogP contribution in [-0.4, -0.2) is 40.3 Å². The maximum absolute atomic E-state index is 13.4. The van der Waals surface area contributed by atoms with E-state index in [1.807, 2.05) is 4.57 Å². The SMILES string of the molecule is CN(C)C(=O)CCn1c(CCCl)nc2ccc(F)cc21. The van der Waals surface area contributed by atoms with Gasteiger partial charge in [0.2, 0.25) is 5.91 Å². The van der Waals surface area contributed by atoms with E-state index in [0.717, 1.165) is 11.3 Å². The molecule has 0 fully saturated rings. The predicted molar refractivity (Wildman–Crippen MR) is 77.4 cm³/mol. The fourth-order valence-corrected chi connectivity index (χ4v) is 2.27. The highest BCUT2D eigenvalue weighted by Gasteiger charge is 2.13. The second-order valence-corrected chi connectivity index (χ2v) is 5.17. The summed E-state index contributed by atoms with van der Waals surface area (Å²) in [5, 5.41) is 0. The molecule has 6 heteroatoms. The third-order valence-electron chi connectivity index (χ3n) is 3.16. The van der Waals surface area contributed by atoms with Gasteiger partial charge in [0, 0.05) is 39.4 Å². The van der Waals surface area contributed by atoms with Crippen LogP contribution in [0.25, 0.3) is 11.0 Å². The molecule has 1 aromatic heterocycles. The number of rotatable bonds is 5. The number of hydrogen-bond donors (Lipinski definition) is 0. The first-order valence-corrected chi connectivity index (χ1v) is 6.97. The minimum absolute atomic E-state index is 0.0278. The molecule has 0 aliphatic rings. The van der Waals surface area contributed by atoms with Gasteiger partial charge in [-0.15, -0.1) is 11.6 Å². The Bertz CT molecular complexity index is 624. The number of amides is 1. The zero-order valence-electron chi connectivity index (χ0n) is 11.6. The third kappa shape index (κ3) is 3.10. The molecular weight excluding hydrogens is 281 g/mol. The largest absolute Gasteiger partial charge is 0.349 e. The number of benzene rings is 1. The Hall–Kier alpha value is -1.62. The molecule has 0 saturated carbocycles. The average molecular weight is 298 g/mol. The molecule has 1 heterocycles. The number of aryl methyl sites for hydroxylation is 2. The van der Waals surface area contributed by atoms with Crippen LogP contribution in [0, 0.1) is 5.82 Å². The summed E-state index contributed by atoms with van der Waals surface area (Å²) in [6.45, 7) is 0.475. The van der Waals surface area contributed by atoms with Crippen molar-refractivity contribution in [2.75, 3.05) is 20.0 Å². The van der Waals surface area contributed by atoms with Crippen molar-refractivity contribution in [2.24, 2.45) is 0 Å². The molecule has 1 aromatic carbocycles. The normalized spacial score (nSPS) is 11.0. The molecule has 0 bridgehead atoms. The van der Waals surface area contributed by atoms with Crippen molar-refractivity contribution in [2.45, 2.75) is 19.4 Å². The number of hydrogen-bond acceptors (Lipinski definition) is 2. The van der Waals surface area contributed by atoms with Gasteiger partial charge in [0.25, 0.3) is 0 Å². The molecule has 108 valence electrons. The van der Waals surface area contributed by atoms with Crippen molar-refractivity contribution >= 4 is 28.5 Å². The first kappa shape index (κ1) is 14.8. The molecule has 0 radical (unpaired) electrons. The van der Waals surface area contributed by atoms with Gasteiger partial charge in [-0.1, -0.05) is 0 Å². The van der Waals surface area contributed by atoms with E-state index < -0.39 is 0 Å². The van der Waals surface area contributed by atoms with Crippen LogP contribution in [-0.2, 0) is 17.8 Å². The highest BCUT2D eigenvalue weighted by Crippen LogP contribution is 2.19. The fourth-order valence-electron chi connectivity index (χ4n) is 2.10. The van der Waals surface area contributed by atoms with Crippen LogP contribution >= 0.6 is 11.6 Å².